The molecule has 50 heavy (non-hydrogen) atoms. The molecule has 0 aromatic heterocycles. The molecule has 0 spiro atoms. The zero-order chi connectivity index (χ0) is 37.5. The summed E-state index contributed by atoms with van der Waals surface area (Å²) < 4.78 is 53.5. The van der Waals surface area contributed by atoms with Crippen molar-refractivity contribution < 1.29 is 66.8 Å². The van der Waals surface area contributed by atoms with Gasteiger partial charge in [0.1, 0.15) is 23.9 Å². The maximum absolute atomic E-state index is 13.3. The number of ether oxygens (including phenoxy) is 3. The summed E-state index contributed by atoms with van der Waals surface area (Å²) in [6, 6.07) is 10.4. The Morgan fingerprint density at radius 1 is 0.940 bits per heavy atom. The lowest BCUT2D eigenvalue weighted by molar-refractivity contribution is -0.131. The van der Waals surface area contributed by atoms with Gasteiger partial charge in [0.15, 0.2) is 12.4 Å². The average molecular weight is 747 g/mol. The van der Waals surface area contributed by atoms with Crippen molar-refractivity contribution in [1.82, 2.24) is 10.6 Å². The van der Waals surface area contributed by atoms with Crippen LogP contribution in [-0.4, -0.2) is 85.9 Å². The molecule has 278 valence electrons. The number of nitrogens with one attached hydrogen (secondary N) is 2. The van der Waals surface area contributed by atoms with E-state index in [1.54, 1.807) is 44.2 Å². The van der Waals surface area contributed by atoms with Crippen LogP contribution in [0.4, 0.5) is 4.39 Å². The smallest absolute Gasteiger partial charge is 0.369 e. The Balaban J connectivity index is 1.36. The highest BCUT2D eigenvalue weighted by Gasteiger charge is 2.58. The number of carbonyl (C=O) groups is 3. The van der Waals surface area contributed by atoms with Gasteiger partial charge in [0, 0.05) is 37.6 Å². The van der Waals surface area contributed by atoms with E-state index in [9.17, 15) is 52.6 Å². The zero-order valence-corrected chi connectivity index (χ0v) is 30.0. The second kappa shape index (κ2) is 16.4. The van der Waals surface area contributed by atoms with Crippen LogP contribution in [-0.2, 0) is 23.5 Å². The number of carbonyl (C=O) groups excluding carboxylic acids is 3. The lowest BCUT2D eigenvalue weighted by Crippen LogP contribution is -2.40. The molecule has 0 fully saturated rings. The first-order valence-electron chi connectivity index (χ1n) is 15.8. The van der Waals surface area contributed by atoms with Gasteiger partial charge in [-0.05, 0) is 62.9 Å². The summed E-state index contributed by atoms with van der Waals surface area (Å²) >= 11 is 0. The van der Waals surface area contributed by atoms with Crippen molar-refractivity contribution in [2.75, 3.05) is 32.9 Å². The lowest BCUT2D eigenvalue weighted by Gasteiger charge is -2.30. The molecule has 0 saturated heterocycles. The highest BCUT2D eigenvalue weighted by atomic mass is 31.2. The van der Waals surface area contributed by atoms with Crippen molar-refractivity contribution in [3.63, 3.8) is 0 Å². The molecule has 3 rings (SSSR count). The number of aliphatic hydroxyl groups is 1. The number of hydrogen-bond acceptors (Lipinski definition) is 9. The van der Waals surface area contributed by atoms with Crippen LogP contribution in [0, 0.1) is 11.2 Å². The normalized spacial score (nSPS) is 15.6. The van der Waals surface area contributed by atoms with Crippen LogP contribution in [0.1, 0.15) is 75.2 Å². The predicted octanol–water partition coefficient (Wildman–Crippen LogP) is 3.18. The molecule has 1 unspecified atom stereocenters. The van der Waals surface area contributed by atoms with Gasteiger partial charge in [-0.15, -0.1) is 0 Å². The average Bonchev–Trinajstić information content (AvgIpc) is 3.01. The quantitative estimate of drug-likeness (QED) is 0.0858. The number of ketones is 1. The number of halogens is 1. The van der Waals surface area contributed by atoms with E-state index in [0.29, 0.717) is 29.0 Å². The van der Waals surface area contributed by atoms with Crippen molar-refractivity contribution in [3.05, 3.63) is 59.4 Å². The Morgan fingerprint density at radius 2 is 1.58 bits per heavy atom. The predicted molar refractivity (Wildman–Crippen MR) is 178 cm³/mol. The third-order valence-electron chi connectivity index (χ3n) is 8.37. The van der Waals surface area contributed by atoms with E-state index >= 15 is 0 Å². The van der Waals surface area contributed by atoms with E-state index in [-0.39, 0.29) is 57.4 Å². The maximum Gasteiger partial charge on any atom is 0.369 e. The van der Waals surface area contributed by atoms with Crippen molar-refractivity contribution in [2.24, 2.45) is 5.41 Å². The van der Waals surface area contributed by atoms with Gasteiger partial charge in [-0.25, -0.2) is 4.39 Å². The fraction of sp³-hybridized carbons (Fsp3) is 0.531. The van der Waals surface area contributed by atoms with Crippen LogP contribution in [0.2, 0.25) is 0 Å². The fourth-order valence-electron chi connectivity index (χ4n) is 4.99. The summed E-state index contributed by atoms with van der Waals surface area (Å²) in [7, 11) is -11.1. The number of benzene rings is 2. The summed E-state index contributed by atoms with van der Waals surface area (Å²) in [6.45, 7) is 6.99. The monoisotopic (exact) mass is 746 g/mol. The Labute approximate surface area is 289 Å². The zero-order valence-electron chi connectivity index (χ0n) is 28.3. The maximum atomic E-state index is 13.3. The van der Waals surface area contributed by atoms with Gasteiger partial charge >= 0.3 is 15.2 Å². The van der Waals surface area contributed by atoms with Gasteiger partial charge in [-0.1, -0.05) is 26.0 Å². The van der Waals surface area contributed by atoms with Crippen molar-refractivity contribution in [1.29, 1.82) is 0 Å². The largest absolute Gasteiger partial charge is 0.492 e. The number of fused-ring (bicyclic) bond motifs is 1. The van der Waals surface area contributed by atoms with E-state index in [1.807, 2.05) is 13.8 Å². The molecule has 0 saturated carbocycles. The minimum Gasteiger partial charge on any atom is -0.492 e. The van der Waals surface area contributed by atoms with Crippen LogP contribution in [0.15, 0.2) is 42.5 Å². The highest BCUT2D eigenvalue weighted by molar-refractivity contribution is 7.72. The number of Topliss-reactive ketones (excluding diaryl/α,β-unsaturated/α-hetero) is 1. The Morgan fingerprint density at radius 3 is 2.20 bits per heavy atom. The Kier molecular flexibility index (Phi) is 13.5. The van der Waals surface area contributed by atoms with Gasteiger partial charge in [-0.3, -0.25) is 23.5 Å². The minimum atomic E-state index is -5.57. The first-order valence-corrected chi connectivity index (χ1v) is 19.0. The second-order valence-corrected chi connectivity index (χ2v) is 17.3. The van der Waals surface area contributed by atoms with Crippen LogP contribution >= 0.6 is 15.2 Å². The lowest BCUT2D eigenvalue weighted by atomic mass is 9.88. The Hall–Kier alpha value is -3.20. The summed E-state index contributed by atoms with van der Waals surface area (Å²) in [4.78, 5) is 75.0. The fourth-order valence-corrected chi connectivity index (χ4v) is 7.25. The number of rotatable bonds is 18. The van der Waals surface area contributed by atoms with Crippen LogP contribution < -0.4 is 20.1 Å². The summed E-state index contributed by atoms with van der Waals surface area (Å²) in [5.74, 6) is -1.26. The van der Waals surface area contributed by atoms with Crippen molar-refractivity contribution in [3.8, 4) is 11.5 Å². The molecule has 0 aliphatic carbocycles. The van der Waals surface area contributed by atoms with Crippen LogP contribution in [0.3, 0.4) is 0 Å². The van der Waals surface area contributed by atoms with Crippen LogP contribution in [0.5, 0.6) is 11.5 Å². The summed E-state index contributed by atoms with van der Waals surface area (Å²) in [5, 5.41) is 11.7. The van der Waals surface area contributed by atoms with E-state index in [4.69, 9.17) is 14.2 Å². The van der Waals surface area contributed by atoms with Crippen molar-refractivity contribution in [2.45, 2.75) is 70.0 Å². The molecule has 2 amide bonds. The van der Waals surface area contributed by atoms with Gasteiger partial charge < -0.3 is 49.5 Å². The molecule has 2 aromatic carbocycles. The molecule has 1 heterocycles. The molecule has 1 atom stereocenters. The van der Waals surface area contributed by atoms with E-state index in [0.717, 1.165) is 0 Å². The molecule has 15 nitrogen and oxygen atoms in total. The van der Waals surface area contributed by atoms with Crippen molar-refractivity contribution >= 4 is 32.8 Å². The summed E-state index contributed by atoms with van der Waals surface area (Å²) in [6.07, 6.45) is -0.537. The highest BCUT2D eigenvalue weighted by Crippen LogP contribution is 2.69. The molecule has 18 heteroatoms. The molecule has 2 aromatic rings. The standard InChI is InChI=1S/C32H45FN2O13P2/c1-30(2,29(38)35-15-5-12-32(39,49(40,41)42)50(43,44)45)14-17-48-31(3,4)13-16-34-27(36)20-46-23-10-11-24-26(18-23)47-19-25(28(24)37)21-6-8-22(33)9-7-21/h6-11,18,25,39H,5,12-17,19-20H2,1-4H3,(H,34,36)(H,35,38)(H2,40,41,42)(H2,43,44,45). The summed E-state index contributed by atoms with van der Waals surface area (Å²) in [5.41, 5.74) is -0.600. The third kappa shape index (κ3) is 10.9. The number of hydrogen-bond donors (Lipinski definition) is 7. The van der Waals surface area contributed by atoms with E-state index in [2.05, 4.69) is 10.6 Å². The first kappa shape index (κ1) is 41.2. The third-order valence-corrected chi connectivity index (χ3v) is 12.3. The topological polar surface area (TPSA) is 238 Å². The van der Waals surface area contributed by atoms with Gasteiger partial charge in [-0.2, -0.15) is 0 Å². The molecular weight excluding hydrogens is 701 g/mol. The Bertz CT molecular complexity index is 1600. The van der Waals surface area contributed by atoms with Crippen LogP contribution in [0.25, 0.3) is 0 Å². The molecule has 1 aliphatic rings. The molecular formula is C32H45FN2O13P2. The number of amides is 2. The molecule has 0 bridgehead atoms. The molecule has 7 N–H and O–H groups in total. The first-order chi connectivity index (χ1) is 23.1. The van der Waals surface area contributed by atoms with Gasteiger partial charge in [0.2, 0.25) is 5.91 Å². The SMILES string of the molecule is CC(C)(CCNC(=O)COc1ccc2c(c1)OCC(c1ccc(F)cc1)C2=O)OCCC(C)(C)C(=O)NCCCC(O)(P(=O)(O)O)P(=O)(O)O. The molecule has 0 radical (unpaired) electrons. The van der Waals surface area contributed by atoms with E-state index < -0.39 is 55.4 Å². The molecule has 1 aliphatic heterocycles. The van der Waals surface area contributed by atoms with Gasteiger partial charge in [0.25, 0.3) is 11.0 Å². The minimum absolute atomic E-state index is 0.0871. The van der Waals surface area contributed by atoms with Gasteiger partial charge in [0.05, 0.1) is 17.1 Å². The van der Waals surface area contributed by atoms with E-state index in [1.165, 1.54) is 12.1 Å². The second-order valence-electron chi connectivity index (χ2n) is 13.3.